The van der Waals surface area contributed by atoms with Gasteiger partial charge in [0, 0.05) is 18.2 Å². The molecular weight excluding hydrogens is 214 g/mol. The summed E-state index contributed by atoms with van der Waals surface area (Å²) in [6.45, 7) is 1.97. The van der Waals surface area contributed by atoms with Gasteiger partial charge >= 0.3 is 5.97 Å². The molecule has 1 aliphatic heterocycles. The highest BCUT2D eigenvalue weighted by Gasteiger charge is 2.39. The van der Waals surface area contributed by atoms with Crippen LogP contribution in [0.15, 0.2) is 0 Å². The second kappa shape index (κ2) is 5.39. The average molecular weight is 231 g/mol. The van der Waals surface area contributed by atoms with Gasteiger partial charge in [-0.25, -0.2) is 4.79 Å². The largest absolute Gasteiger partial charge is 0.467 e. The summed E-state index contributed by atoms with van der Waals surface area (Å²) in [4.78, 5) is 24.8. The summed E-state index contributed by atoms with van der Waals surface area (Å²) in [5, 5.41) is 0. The first kappa shape index (κ1) is 12.4. The Labute approximate surface area is 94.3 Å². The van der Waals surface area contributed by atoms with Crippen molar-refractivity contribution in [1.82, 2.24) is 4.90 Å². The number of amides is 1. The second-order valence-corrected chi connectivity index (χ2v) is 4.59. The molecule has 4 nitrogen and oxygen atoms in total. The number of rotatable bonds is 4. The highest BCUT2D eigenvalue weighted by molar-refractivity contribution is 7.98. The SMILES string of the molecule is COC(=O)C1CCC(=O)N1C(C)CSC. The standard InChI is InChI=1S/C10H17NO3S/c1-7(6-15-3)11-8(10(13)14-2)4-5-9(11)12/h7-8H,4-6H2,1-3H3. The molecule has 0 radical (unpaired) electrons. The van der Waals surface area contributed by atoms with Crippen LogP contribution in [0.5, 0.6) is 0 Å². The molecule has 0 saturated carbocycles. The van der Waals surface area contributed by atoms with E-state index in [0.717, 1.165) is 5.75 Å². The fourth-order valence-electron chi connectivity index (χ4n) is 1.94. The number of carbonyl (C=O) groups excluding carboxylic acids is 2. The van der Waals surface area contributed by atoms with Crippen molar-refractivity contribution in [2.24, 2.45) is 0 Å². The number of thioether (sulfide) groups is 1. The van der Waals surface area contributed by atoms with Gasteiger partial charge in [-0.2, -0.15) is 11.8 Å². The zero-order valence-electron chi connectivity index (χ0n) is 9.36. The maximum absolute atomic E-state index is 11.6. The maximum Gasteiger partial charge on any atom is 0.328 e. The third-order valence-electron chi connectivity index (χ3n) is 2.61. The zero-order valence-corrected chi connectivity index (χ0v) is 10.2. The van der Waals surface area contributed by atoms with Crippen LogP contribution in [0.1, 0.15) is 19.8 Å². The van der Waals surface area contributed by atoms with E-state index in [1.165, 1.54) is 7.11 Å². The van der Waals surface area contributed by atoms with Crippen LogP contribution in [0.4, 0.5) is 0 Å². The summed E-state index contributed by atoms with van der Waals surface area (Å²) in [7, 11) is 1.36. The maximum atomic E-state index is 11.6. The monoisotopic (exact) mass is 231 g/mol. The van der Waals surface area contributed by atoms with Crippen molar-refractivity contribution in [3.63, 3.8) is 0 Å². The summed E-state index contributed by atoms with van der Waals surface area (Å²) >= 11 is 1.67. The summed E-state index contributed by atoms with van der Waals surface area (Å²) in [6, 6.07) is -0.274. The first-order valence-corrected chi connectivity index (χ1v) is 6.39. The van der Waals surface area contributed by atoms with Gasteiger partial charge in [0.05, 0.1) is 7.11 Å². The number of hydrogen-bond acceptors (Lipinski definition) is 4. The van der Waals surface area contributed by atoms with Crippen LogP contribution >= 0.6 is 11.8 Å². The van der Waals surface area contributed by atoms with Crippen LogP contribution in [0.25, 0.3) is 0 Å². The van der Waals surface area contributed by atoms with Crippen molar-refractivity contribution in [2.75, 3.05) is 19.1 Å². The quantitative estimate of drug-likeness (QED) is 0.674. The molecule has 0 aromatic heterocycles. The minimum Gasteiger partial charge on any atom is -0.467 e. The first-order chi connectivity index (χ1) is 7.11. The molecule has 0 N–H and O–H groups in total. The fourth-order valence-corrected chi connectivity index (χ4v) is 2.59. The average Bonchev–Trinajstić information content (AvgIpc) is 2.59. The first-order valence-electron chi connectivity index (χ1n) is 4.99. The molecule has 0 aromatic rings. The van der Waals surface area contributed by atoms with Gasteiger partial charge < -0.3 is 9.64 Å². The molecule has 2 atom stereocenters. The predicted octanol–water partition coefficient (Wildman–Crippen LogP) is 0.902. The van der Waals surface area contributed by atoms with E-state index in [9.17, 15) is 9.59 Å². The van der Waals surface area contributed by atoms with E-state index < -0.39 is 0 Å². The van der Waals surface area contributed by atoms with Crippen LogP contribution in [0.2, 0.25) is 0 Å². The molecule has 1 heterocycles. The van der Waals surface area contributed by atoms with Gasteiger partial charge in [-0.3, -0.25) is 4.79 Å². The van der Waals surface area contributed by atoms with E-state index in [4.69, 9.17) is 4.74 Å². The van der Waals surface area contributed by atoms with E-state index in [0.29, 0.717) is 12.8 Å². The molecule has 0 aliphatic carbocycles. The molecule has 15 heavy (non-hydrogen) atoms. The lowest BCUT2D eigenvalue weighted by molar-refractivity contribution is -0.150. The van der Waals surface area contributed by atoms with Crippen LogP contribution in [0, 0.1) is 0 Å². The van der Waals surface area contributed by atoms with Crippen LogP contribution in [0.3, 0.4) is 0 Å². The van der Waals surface area contributed by atoms with E-state index in [1.807, 2.05) is 13.2 Å². The lowest BCUT2D eigenvalue weighted by Crippen LogP contribution is -2.45. The highest BCUT2D eigenvalue weighted by Crippen LogP contribution is 2.23. The van der Waals surface area contributed by atoms with E-state index in [2.05, 4.69) is 0 Å². The molecule has 1 rings (SSSR count). The topological polar surface area (TPSA) is 46.6 Å². The molecule has 1 saturated heterocycles. The summed E-state index contributed by atoms with van der Waals surface area (Å²) < 4.78 is 4.70. The van der Waals surface area contributed by atoms with Gasteiger partial charge in [-0.1, -0.05) is 0 Å². The number of methoxy groups -OCH3 is 1. The Kier molecular flexibility index (Phi) is 4.45. The number of nitrogens with zero attached hydrogens (tertiary/aromatic N) is 1. The summed E-state index contributed by atoms with van der Waals surface area (Å²) in [6.07, 6.45) is 3.03. The molecule has 0 aromatic carbocycles. The number of ether oxygens (including phenoxy) is 1. The summed E-state index contributed by atoms with van der Waals surface area (Å²) in [5.41, 5.74) is 0. The van der Waals surface area contributed by atoms with Gasteiger partial charge in [0.25, 0.3) is 0 Å². The molecule has 1 aliphatic rings. The Morgan fingerprint density at radius 2 is 2.40 bits per heavy atom. The van der Waals surface area contributed by atoms with Crippen LogP contribution < -0.4 is 0 Å². The molecule has 2 unspecified atom stereocenters. The minimum atomic E-state index is -0.371. The van der Waals surface area contributed by atoms with Crippen molar-refractivity contribution in [1.29, 1.82) is 0 Å². The Morgan fingerprint density at radius 1 is 1.73 bits per heavy atom. The molecular formula is C10H17NO3S. The molecule has 1 amide bonds. The fraction of sp³-hybridized carbons (Fsp3) is 0.800. The van der Waals surface area contributed by atoms with Gasteiger partial charge in [-0.15, -0.1) is 0 Å². The van der Waals surface area contributed by atoms with Gasteiger partial charge in [-0.05, 0) is 19.6 Å². The molecule has 5 heteroatoms. The van der Waals surface area contributed by atoms with Gasteiger partial charge in [0.2, 0.25) is 5.91 Å². The molecule has 86 valence electrons. The predicted molar refractivity (Wildman–Crippen MR) is 59.7 cm³/mol. The Hall–Kier alpha value is -0.710. The van der Waals surface area contributed by atoms with Crippen LogP contribution in [-0.2, 0) is 14.3 Å². The molecule has 1 fully saturated rings. The highest BCUT2D eigenvalue weighted by atomic mass is 32.2. The summed E-state index contributed by atoms with van der Waals surface area (Å²) in [5.74, 6) is 0.611. The lowest BCUT2D eigenvalue weighted by atomic mass is 10.2. The van der Waals surface area contributed by atoms with Crippen molar-refractivity contribution >= 4 is 23.6 Å². The van der Waals surface area contributed by atoms with E-state index >= 15 is 0 Å². The zero-order chi connectivity index (χ0) is 11.4. The Bertz CT molecular complexity index is 257. The molecule has 0 bridgehead atoms. The minimum absolute atomic E-state index is 0.0620. The Morgan fingerprint density at radius 3 is 2.93 bits per heavy atom. The number of likely N-dealkylation sites (tertiary alicyclic amines) is 1. The van der Waals surface area contributed by atoms with Crippen molar-refractivity contribution in [3.8, 4) is 0 Å². The lowest BCUT2D eigenvalue weighted by Gasteiger charge is -2.28. The normalized spacial score (nSPS) is 23.0. The Balaban J connectivity index is 2.72. The van der Waals surface area contributed by atoms with Crippen LogP contribution in [-0.4, -0.2) is 48.0 Å². The third kappa shape index (κ3) is 2.65. The number of hydrogen-bond donors (Lipinski definition) is 0. The van der Waals surface area contributed by atoms with Crippen molar-refractivity contribution in [3.05, 3.63) is 0 Å². The van der Waals surface area contributed by atoms with Gasteiger partial charge in [0.15, 0.2) is 0 Å². The van der Waals surface area contributed by atoms with Crippen molar-refractivity contribution in [2.45, 2.75) is 31.8 Å². The molecule has 0 spiro atoms. The van der Waals surface area contributed by atoms with E-state index in [-0.39, 0.29) is 24.0 Å². The van der Waals surface area contributed by atoms with E-state index in [1.54, 1.807) is 16.7 Å². The second-order valence-electron chi connectivity index (χ2n) is 3.68. The smallest absolute Gasteiger partial charge is 0.328 e. The van der Waals surface area contributed by atoms with Gasteiger partial charge in [0.1, 0.15) is 6.04 Å². The third-order valence-corrected chi connectivity index (χ3v) is 3.43. The number of esters is 1. The number of carbonyl (C=O) groups is 2. The van der Waals surface area contributed by atoms with Crippen molar-refractivity contribution < 1.29 is 14.3 Å².